The van der Waals surface area contributed by atoms with Crippen molar-refractivity contribution in [2.45, 2.75) is 18.3 Å². The topological polar surface area (TPSA) is 236 Å². The summed E-state index contributed by atoms with van der Waals surface area (Å²) in [6, 6.07) is 0.925. The van der Waals surface area contributed by atoms with Crippen LogP contribution >= 0.6 is 0 Å². The summed E-state index contributed by atoms with van der Waals surface area (Å²) in [5.41, 5.74) is -0.336. The van der Waals surface area contributed by atoms with E-state index in [0.717, 1.165) is 32.4 Å². The van der Waals surface area contributed by atoms with Gasteiger partial charge in [0.25, 0.3) is 0 Å². The fourth-order valence-corrected chi connectivity index (χ4v) is 2.17. The van der Waals surface area contributed by atoms with Crippen molar-refractivity contribution in [2.75, 3.05) is 34.0 Å². The number of hydrogen-bond acceptors (Lipinski definition) is 15. The number of rotatable bonds is 12. The number of hydrogen-bond donors (Lipinski definition) is 6. The molecule has 194 valence electrons. The zero-order valence-corrected chi connectivity index (χ0v) is 18.4. The standard InChI is InChI=1S/C20H24O15/c1-31-14(27)4-3-9-5-13(33-18(28)10(24)6-21)16(32-2)17(35-20(30)12(26)8-23)15(9)34-19(29)11(25)7-22/h3-5,10-12,21-26H,6-8H2,1-2H3. The van der Waals surface area contributed by atoms with E-state index in [1.165, 1.54) is 0 Å². The molecule has 0 bridgehead atoms. The third kappa shape index (κ3) is 7.99. The van der Waals surface area contributed by atoms with Crippen LogP contribution in [-0.2, 0) is 23.9 Å². The van der Waals surface area contributed by atoms with E-state index in [9.17, 15) is 34.5 Å². The first-order chi connectivity index (χ1) is 16.5. The molecule has 0 aliphatic rings. The highest BCUT2D eigenvalue weighted by Crippen LogP contribution is 2.48. The molecule has 0 aliphatic heterocycles. The molecular formula is C20H24O15. The van der Waals surface area contributed by atoms with E-state index in [1.807, 2.05) is 0 Å². The molecule has 0 aromatic heterocycles. The number of ether oxygens (including phenoxy) is 5. The van der Waals surface area contributed by atoms with Crippen LogP contribution in [-0.4, -0.2) is 107 Å². The van der Waals surface area contributed by atoms with Gasteiger partial charge < -0.3 is 54.3 Å². The van der Waals surface area contributed by atoms with Gasteiger partial charge in [0.05, 0.1) is 34.0 Å². The number of carbonyl (C=O) groups is 4. The lowest BCUT2D eigenvalue weighted by molar-refractivity contribution is -0.148. The van der Waals surface area contributed by atoms with Gasteiger partial charge in [-0.15, -0.1) is 0 Å². The van der Waals surface area contributed by atoms with Gasteiger partial charge in [0, 0.05) is 11.6 Å². The Bertz CT molecular complexity index is 954. The summed E-state index contributed by atoms with van der Waals surface area (Å²) in [4.78, 5) is 47.9. The third-order valence-electron chi connectivity index (χ3n) is 3.94. The molecule has 6 N–H and O–H groups in total. The number of carbonyl (C=O) groups excluding carboxylic acids is 4. The van der Waals surface area contributed by atoms with E-state index in [0.29, 0.717) is 0 Å². The van der Waals surface area contributed by atoms with E-state index in [1.54, 1.807) is 0 Å². The first kappa shape index (κ1) is 29.4. The van der Waals surface area contributed by atoms with Crippen molar-refractivity contribution in [1.29, 1.82) is 0 Å². The van der Waals surface area contributed by atoms with Gasteiger partial charge >= 0.3 is 23.9 Å². The van der Waals surface area contributed by atoms with Crippen LogP contribution in [0.5, 0.6) is 23.0 Å². The van der Waals surface area contributed by atoms with Crippen LogP contribution < -0.4 is 18.9 Å². The lowest BCUT2D eigenvalue weighted by Crippen LogP contribution is -2.31. The molecule has 15 nitrogen and oxygen atoms in total. The molecule has 0 saturated heterocycles. The van der Waals surface area contributed by atoms with Crippen molar-refractivity contribution in [3.8, 4) is 23.0 Å². The van der Waals surface area contributed by atoms with Crippen LogP contribution in [0.25, 0.3) is 6.08 Å². The molecule has 35 heavy (non-hydrogen) atoms. The highest BCUT2D eigenvalue weighted by Gasteiger charge is 2.31. The van der Waals surface area contributed by atoms with E-state index >= 15 is 0 Å². The first-order valence-corrected chi connectivity index (χ1v) is 9.57. The molecule has 0 amide bonds. The van der Waals surface area contributed by atoms with Gasteiger partial charge in [-0.05, 0) is 12.1 Å². The lowest BCUT2D eigenvalue weighted by Gasteiger charge is -2.20. The molecule has 1 aromatic rings. The normalized spacial score (nSPS) is 13.5. The maximum Gasteiger partial charge on any atom is 0.343 e. The van der Waals surface area contributed by atoms with Gasteiger partial charge in [-0.25, -0.2) is 19.2 Å². The van der Waals surface area contributed by atoms with E-state index in [-0.39, 0.29) is 5.56 Å². The van der Waals surface area contributed by atoms with Crippen molar-refractivity contribution >= 4 is 30.0 Å². The van der Waals surface area contributed by atoms with Gasteiger partial charge in [0.1, 0.15) is 0 Å². The van der Waals surface area contributed by atoms with E-state index < -0.39 is 85.0 Å². The maximum atomic E-state index is 12.2. The summed E-state index contributed by atoms with van der Waals surface area (Å²) >= 11 is 0. The molecule has 1 rings (SSSR count). The van der Waals surface area contributed by atoms with Crippen molar-refractivity contribution in [1.82, 2.24) is 0 Å². The number of aliphatic hydroxyl groups is 6. The minimum absolute atomic E-state index is 0.336. The minimum Gasteiger partial charge on any atom is -0.490 e. The van der Waals surface area contributed by atoms with Crippen LogP contribution in [0.4, 0.5) is 0 Å². The summed E-state index contributed by atoms with van der Waals surface area (Å²) in [5.74, 6) is -8.01. The van der Waals surface area contributed by atoms with Crippen molar-refractivity contribution in [3.05, 3.63) is 17.7 Å². The second kappa shape index (κ2) is 14.0. The van der Waals surface area contributed by atoms with Crippen LogP contribution in [0.1, 0.15) is 5.56 Å². The lowest BCUT2D eigenvalue weighted by atomic mass is 10.1. The highest BCUT2D eigenvalue weighted by molar-refractivity contribution is 5.90. The Kier molecular flexibility index (Phi) is 11.7. The Hall–Kier alpha value is -3.60. The Balaban J connectivity index is 3.87. The molecule has 3 atom stereocenters. The van der Waals surface area contributed by atoms with Crippen LogP contribution in [0, 0.1) is 0 Å². The van der Waals surface area contributed by atoms with Crippen molar-refractivity contribution < 1.29 is 73.5 Å². The fraction of sp³-hybridized carbons (Fsp3) is 0.400. The Morgan fingerprint density at radius 2 is 1.23 bits per heavy atom. The summed E-state index contributed by atoms with van der Waals surface area (Å²) in [6.07, 6.45) is -4.37. The number of esters is 4. The van der Waals surface area contributed by atoms with E-state index in [4.69, 9.17) is 34.3 Å². The summed E-state index contributed by atoms with van der Waals surface area (Å²) < 4.78 is 24.4. The Morgan fingerprint density at radius 1 is 0.771 bits per heavy atom. The van der Waals surface area contributed by atoms with Crippen LogP contribution in [0.3, 0.4) is 0 Å². The molecule has 0 heterocycles. The maximum absolute atomic E-state index is 12.2. The summed E-state index contributed by atoms with van der Waals surface area (Å²) in [5, 5.41) is 55.6. The monoisotopic (exact) mass is 504 g/mol. The van der Waals surface area contributed by atoms with Gasteiger partial charge in [0.2, 0.25) is 11.5 Å². The van der Waals surface area contributed by atoms with Gasteiger partial charge in [-0.3, -0.25) is 0 Å². The average molecular weight is 504 g/mol. The quantitative estimate of drug-likeness (QED) is 0.0927. The predicted octanol–water partition coefficient (Wildman–Crippen LogP) is -3.34. The zero-order valence-electron chi connectivity index (χ0n) is 18.4. The second-order valence-electron chi connectivity index (χ2n) is 6.37. The summed E-state index contributed by atoms with van der Waals surface area (Å²) in [7, 11) is 2.04. The molecule has 0 saturated carbocycles. The molecule has 0 aliphatic carbocycles. The number of aliphatic hydroxyl groups excluding tert-OH is 6. The van der Waals surface area contributed by atoms with Gasteiger partial charge in [-0.2, -0.15) is 0 Å². The highest BCUT2D eigenvalue weighted by atomic mass is 16.6. The van der Waals surface area contributed by atoms with Crippen molar-refractivity contribution in [3.63, 3.8) is 0 Å². The second-order valence-corrected chi connectivity index (χ2v) is 6.37. The molecule has 0 fully saturated rings. The minimum atomic E-state index is -2.08. The predicted molar refractivity (Wildman–Crippen MR) is 110 cm³/mol. The Morgan fingerprint density at radius 3 is 1.66 bits per heavy atom. The Labute approximate surface area is 197 Å². The zero-order chi connectivity index (χ0) is 26.7. The molecule has 1 aromatic carbocycles. The summed E-state index contributed by atoms with van der Waals surface area (Å²) in [6.45, 7) is -3.15. The number of methoxy groups -OCH3 is 2. The molecule has 0 radical (unpaired) electrons. The number of benzene rings is 1. The smallest absolute Gasteiger partial charge is 0.343 e. The van der Waals surface area contributed by atoms with E-state index in [2.05, 4.69) is 4.74 Å². The van der Waals surface area contributed by atoms with Crippen LogP contribution in [0.15, 0.2) is 12.1 Å². The van der Waals surface area contributed by atoms with Crippen LogP contribution in [0.2, 0.25) is 0 Å². The van der Waals surface area contributed by atoms with Gasteiger partial charge in [0.15, 0.2) is 29.8 Å². The third-order valence-corrected chi connectivity index (χ3v) is 3.94. The van der Waals surface area contributed by atoms with Crippen molar-refractivity contribution in [2.24, 2.45) is 0 Å². The largest absolute Gasteiger partial charge is 0.490 e. The molecular weight excluding hydrogens is 480 g/mol. The first-order valence-electron chi connectivity index (χ1n) is 9.57. The molecule has 0 spiro atoms. The molecule has 15 heteroatoms. The van der Waals surface area contributed by atoms with Gasteiger partial charge in [-0.1, -0.05) is 0 Å². The average Bonchev–Trinajstić information content (AvgIpc) is 2.86. The SMILES string of the molecule is COC(=O)C=Cc1cc(OC(=O)C(O)CO)c(OC)c(OC(=O)C(O)CO)c1OC(=O)C(O)CO. The fourth-order valence-electron chi connectivity index (χ4n) is 2.17. The molecule has 3 unspecified atom stereocenters.